The summed E-state index contributed by atoms with van der Waals surface area (Å²) in [7, 11) is 0. The Kier molecular flexibility index (Phi) is 5.43. The molecule has 1 aromatic heterocycles. The van der Waals surface area contributed by atoms with E-state index in [-0.39, 0.29) is 17.4 Å². The van der Waals surface area contributed by atoms with Gasteiger partial charge < -0.3 is 15.6 Å². The average molecular weight is 523 g/mol. The van der Waals surface area contributed by atoms with E-state index in [4.69, 9.17) is 4.98 Å². The van der Waals surface area contributed by atoms with Crippen LogP contribution in [0.1, 0.15) is 91.3 Å². The summed E-state index contributed by atoms with van der Waals surface area (Å²) >= 11 is 0. The Morgan fingerprint density at radius 3 is 2.08 bits per heavy atom. The molecule has 7 fully saturated rings. The second-order valence-corrected chi connectivity index (χ2v) is 13.6. The SMILES string of the molecule is O=C(NC1CC2CCC1CC2)c1ccc2[nH]c(-c3ccc(C(=O)NC45CC6CC(CC(C6)C4)C5)cc3)nc2c1. The van der Waals surface area contributed by atoms with Crippen molar-refractivity contribution in [3.63, 3.8) is 0 Å². The first kappa shape index (κ1) is 23.7. The molecule has 3 N–H and O–H groups in total. The van der Waals surface area contributed by atoms with E-state index < -0.39 is 0 Å². The van der Waals surface area contributed by atoms with Crippen LogP contribution in [0.15, 0.2) is 42.5 Å². The smallest absolute Gasteiger partial charge is 0.251 e. The van der Waals surface area contributed by atoms with Gasteiger partial charge in [-0.3, -0.25) is 9.59 Å². The van der Waals surface area contributed by atoms with Crippen molar-refractivity contribution in [1.29, 1.82) is 0 Å². The first-order chi connectivity index (χ1) is 19.0. The number of hydrogen-bond acceptors (Lipinski definition) is 3. The molecule has 2 aromatic carbocycles. The Balaban J connectivity index is 0.960. The summed E-state index contributed by atoms with van der Waals surface area (Å²) in [6, 6.07) is 13.8. The van der Waals surface area contributed by atoms with Crippen molar-refractivity contribution in [2.24, 2.45) is 29.6 Å². The number of amides is 2. The molecule has 202 valence electrons. The van der Waals surface area contributed by atoms with Gasteiger partial charge in [-0.25, -0.2) is 4.98 Å². The Morgan fingerprint density at radius 1 is 0.769 bits per heavy atom. The molecule has 6 bridgehead atoms. The van der Waals surface area contributed by atoms with Crippen LogP contribution in [0.5, 0.6) is 0 Å². The molecule has 0 spiro atoms. The van der Waals surface area contributed by atoms with Gasteiger partial charge in [-0.05, 0) is 118 Å². The second-order valence-electron chi connectivity index (χ2n) is 13.6. The molecule has 2 amide bonds. The minimum Gasteiger partial charge on any atom is -0.349 e. The number of carbonyl (C=O) groups is 2. The first-order valence-electron chi connectivity index (χ1n) is 15.2. The number of carbonyl (C=O) groups excluding carboxylic acids is 2. The van der Waals surface area contributed by atoms with Crippen LogP contribution < -0.4 is 10.6 Å². The fourth-order valence-electron chi connectivity index (χ4n) is 9.45. The fourth-order valence-corrected chi connectivity index (χ4v) is 9.45. The molecule has 3 aromatic rings. The van der Waals surface area contributed by atoms with Gasteiger partial charge in [-0.15, -0.1) is 0 Å². The third-order valence-electron chi connectivity index (χ3n) is 10.9. The molecule has 7 aliphatic rings. The van der Waals surface area contributed by atoms with Gasteiger partial charge in [-0.2, -0.15) is 0 Å². The molecule has 1 heterocycles. The highest BCUT2D eigenvalue weighted by atomic mass is 16.2. The van der Waals surface area contributed by atoms with E-state index in [1.165, 1.54) is 44.9 Å². The maximum Gasteiger partial charge on any atom is 0.251 e. The highest BCUT2D eigenvalue weighted by molar-refractivity contribution is 5.98. The summed E-state index contributed by atoms with van der Waals surface area (Å²) in [6.45, 7) is 0. The van der Waals surface area contributed by atoms with Crippen LogP contribution in [0.25, 0.3) is 22.4 Å². The molecule has 10 rings (SSSR count). The van der Waals surface area contributed by atoms with Gasteiger partial charge in [-0.1, -0.05) is 25.0 Å². The lowest BCUT2D eigenvalue weighted by Crippen LogP contribution is -2.59. The molecular formula is C33H38N4O2. The average Bonchev–Trinajstić information content (AvgIpc) is 3.36. The number of hydrogen-bond donors (Lipinski definition) is 3. The van der Waals surface area contributed by atoms with E-state index in [1.807, 2.05) is 42.5 Å². The number of rotatable bonds is 5. The van der Waals surface area contributed by atoms with E-state index in [1.54, 1.807) is 0 Å². The molecule has 0 radical (unpaired) electrons. The number of benzene rings is 2. The molecule has 1 atom stereocenters. The van der Waals surface area contributed by atoms with Gasteiger partial charge in [0.25, 0.3) is 11.8 Å². The number of aromatic amines is 1. The molecule has 0 aliphatic heterocycles. The summed E-state index contributed by atoms with van der Waals surface area (Å²) in [6.07, 6.45) is 13.9. The predicted molar refractivity (Wildman–Crippen MR) is 151 cm³/mol. The zero-order valence-electron chi connectivity index (χ0n) is 22.5. The zero-order chi connectivity index (χ0) is 26.1. The van der Waals surface area contributed by atoms with Crippen molar-refractivity contribution in [1.82, 2.24) is 20.6 Å². The number of nitrogens with zero attached hydrogens (tertiary/aromatic N) is 1. The predicted octanol–water partition coefficient (Wildman–Crippen LogP) is 6.24. The Labute approximate surface area is 229 Å². The number of fused-ring (bicyclic) bond motifs is 4. The normalized spacial score (nSPS) is 34.4. The van der Waals surface area contributed by atoms with Crippen molar-refractivity contribution < 1.29 is 9.59 Å². The summed E-state index contributed by atoms with van der Waals surface area (Å²) in [5.74, 6) is 4.65. The van der Waals surface area contributed by atoms with E-state index in [9.17, 15) is 9.59 Å². The van der Waals surface area contributed by atoms with Crippen LogP contribution in [0.2, 0.25) is 0 Å². The number of imidazole rings is 1. The lowest BCUT2D eigenvalue weighted by atomic mass is 9.53. The largest absolute Gasteiger partial charge is 0.349 e. The quantitative estimate of drug-likeness (QED) is 0.371. The Morgan fingerprint density at radius 2 is 1.44 bits per heavy atom. The van der Waals surface area contributed by atoms with Gasteiger partial charge in [0.2, 0.25) is 0 Å². The van der Waals surface area contributed by atoms with E-state index >= 15 is 0 Å². The van der Waals surface area contributed by atoms with Crippen LogP contribution in [0.3, 0.4) is 0 Å². The minimum atomic E-state index is 0.00777. The van der Waals surface area contributed by atoms with E-state index in [0.29, 0.717) is 23.1 Å². The van der Waals surface area contributed by atoms with Crippen LogP contribution in [-0.2, 0) is 0 Å². The van der Waals surface area contributed by atoms with Gasteiger partial charge in [0.15, 0.2) is 0 Å². The van der Waals surface area contributed by atoms with E-state index in [2.05, 4.69) is 15.6 Å². The minimum absolute atomic E-state index is 0.00777. The number of nitrogens with one attached hydrogen (secondary N) is 3. The monoisotopic (exact) mass is 522 g/mol. The molecular weight excluding hydrogens is 484 g/mol. The second kappa shape index (κ2) is 8.94. The summed E-state index contributed by atoms with van der Waals surface area (Å²) in [5.41, 5.74) is 4.01. The highest BCUT2D eigenvalue weighted by Gasteiger charge is 2.51. The van der Waals surface area contributed by atoms with Crippen LogP contribution >= 0.6 is 0 Å². The molecule has 1 unspecified atom stereocenters. The van der Waals surface area contributed by atoms with Crippen LogP contribution in [0.4, 0.5) is 0 Å². The maximum absolute atomic E-state index is 13.2. The number of aromatic nitrogens is 2. The van der Waals surface area contributed by atoms with Crippen molar-refractivity contribution in [3.05, 3.63) is 53.6 Å². The molecule has 39 heavy (non-hydrogen) atoms. The van der Waals surface area contributed by atoms with Crippen LogP contribution in [0, 0.1) is 29.6 Å². The standard InChI is InChI=1S/C33H38N4O2/c38-31(36-28-14-19-1-3-23(28)4-2-19)26-9-10-27-29(15-26)35-30(34-27)24-5-7-25(8-6-24)32(39)37-33-16-20-11-21(17-33)13-22(12-20)18-33/h5-10,15,19-23,28H,1-4,11-14,16-18H2,(H,34,35)(H,36,38)(H,37,39). The topological polar surface area (TPSA) is 86.9 Å². The van der Waals surface area contributed by atoms with Crippen LogP contribution in [-0.4, -0.2) is 33.4 Å². The van der Waals surface area contributed by atoms with Crippen molar-refractivity contribution in [3.8, 4) is 11.4 Å². The molecule has 7 saturated carbocycles. The lowest BCUT2D eigenvalue weighted by Gasteiger charge is -2.56. The van der Waals surface area contributed by atoms with Gasteiger partial charge in [0.1, 0.15) is 5.82 Å². The summed E-state index contributed by atoms with van der Waals surface area (Å²) in [5, 5.41) is 6.79. The first-order valence-corrected chi connectivity index (χ1v) is 15.2. The summed E-state index contributed by atoms with van der Waals surface area (Å²) in [4.78, 5) is 34.5. The molecule has 0 saturated heterocycles. The third kappa shape index (κ3) is 4.27. The van der Waals surface area contributed by atoms with Gasteiger partial charge in [0.05, 0.1) is 11.0 Å². The number of H-pyrrole nitrogens is 1. The van der Waals surface area contributed by atoms with E-state index in [0.717, 1.165) is 71.8 Å². The third-order valence-corrected chi connectivity index (χ3v) is 10.9. The van der Waals surface area contributed by atoms with Crippen molar-refractivity contribution in [2.45, 2.75) is 82.2 Å². The Bertz CT molecular complexity index is 1400. The van der Waals surface area contributed by atoms with Crippen molar-refractivity contribution in [2.75, 3.05) is 0 Å². The lowest BCUT2D eigenvalue weighted by molar-refractivity contribution is -0.0167. The Hall–Kier alpha value is -3.15. The maximum atomic E-state index is 13.2. The molecule has 7 aliphatic carbocycles. The molecule has 6 nitrogen and oxygen atoms in total. The zero-order valence-corrected chi connectivity index (χ0v) is 22.5. The highest BCUT2D eigenvalue weighted by Crippen LogP contribution is 2.55. The molecule has 6 heteroatoms. The van der Waals surface area contributed by atoms with Gasteiger partial charge in [0, 0.05) is 28.3 Å². The van der Waals surface area contributed by atoms with Crippen molar-refractivity contribution >= 4 is 22.8 Å². The fraction of sp³-hybridized carbons (Fsp3) is 0.545. The van der Waals surface area contributed by atoms with Gasteiger partial charge >= 0.3 is 0 Å². The summed E-state index contributed by atoms with van der Waals surface area (Å²) < 4.78 is 0.